The van der Waals surface area contributed by atoms with Gasteiger partial charge in [0, 0.05) is 12.3 Å². The van der Waals surface area contributed by atoms with Gasteiger partial charge in [-0.25, -0.2) is 0 Å². The Hall–Kier alpha value is -1.35. The van der Waals surface area contributed by atoms with Crippen molar-refractivity contribution >= 4 is 11.6 Å². The predicted molar refractivity (Wildman–Crippen MR) is 90.0 cm³/mol. The second kappa shape index (κ2) is 6.41. The summed E-state index contributed by atoms with van der Waals surface area (Å²) in [4.78, 5) is 0. The fraction of sp³-hybridized carbons (Fsp3) is 0.368. The molecule has 1 atom stereocenters. The Morgan fingerprint density at radius 2 is 1.59 bits per heavy atom. The van der Waals surface area contributed by atoms with E-state index < -0.39 is 5.25 Å². The quantitative estimate of drug-likeness (QED) is 0.607. The van der Waals surface area contributed by atoms with Crippen molar-refractivity contribution < 1.29 is 9.84 Å². The molecular weight excluding hydrogens is 296 g/mol. The molecule has 22 heavy (non-hydrogen) atoms. The van der Waals surface area contributed by atoms with Crippen molar-refractivity contribution in [2.24, 2.45) is 0 Å². The molecule has 0 spiro atoms. The lowest BCUT2D eigenvalue weighted by Gasteiger charge is -2.24. The fourth-order valence-electron chi connectivity index (χ4n) is 3.12. The zero-order chi connectivity index (χ0) is 15.6. The van der Waals surface area contributed by atoms with Crippen LogP contribution in [0.1, 0.15) is 43.2 Å². The standard InChI is InChI=1S/C19H21ClO2/c1-2-3-12-19(20,21)22-13-18-16-10-6-4-8-14(16)15-9-5-7-11-17(15)18/h4-11,18,21H,2-3,12-13H2,1H3. The van der Waals surface area contributed by atoms with Gasteiger partial charge in [-0.1, -0.05) is 73.5 Å². The van der Waals surface area contributed by atoms with Gasteiger partial charge in [-0.05, 0) is 28.7 Å². The van der Waals surface area contributed by atoms with Crippen LogP contribution in [-0.4, -0.2) is 17.0 Å². The molecule has 0 bridgehead atoms. The monoisotopic (exact) mass is 316 g/mol. The zero-order valence-electron chi connectivity index (χ0n) is 12.8. The third kappa shape index (κ3) is 3.05. The number of rotatable bonds is 6. The molecule has 2 aromatic carbocycles. The maximum absolute atomic E-state index is 10.1. The molecule has 1 aliphatic carbocycles. The summed E-state index contributed by atoms with van der Waals surface area (Å²) in [5.74, 6) is 0.124. The van der Waals surface area contributed by atoms with Gasteiger partial charge in [-0.2, -0.15) is 0 Å². The minimum Gasteiger partial charge on any atom is -0.353 e. The molecule has 0 aromatic heterocycles. The SMILES string of the molecule is CCCCC(O)(Cl)OCC1c2ccccc2-c2ccccc21. The van der Waals surface area contributed by atoms with Crippen molar-refractivity contribution in [2.45, 2.75) is 37.4 Å². The smallest absolute Gasteiger partial charge is 0.245 e. The van der Waals surface area contributed by atoms with Crippen LogP contribution >= 0.6 is 11.6 Å². The van der Waals surface area contributed by atoms with Crippen LogP contribution in [0.15, 0.2) is 48.5 Å². The fourth-order valence-corrected chi connectivity index (χ4v) is 3.31. The molecule has 3 rings (SSSR count). The average Bonchev–Trinajstić information content (AvgIpc) is 2.85. The largest absolute Gasteiger partial charge is 0.353 e. The Balaban J connectivity index is 1.82. The number of hydrogen-bond donors (Lipinski definition) is 1. The topological polar surface area (TPSA) is 29.5 Å². The van der Waals surface area contributed by atoms with E-state index in [1.807, 2.05) is 12.1 Å². The van der Waals surface area contributed by atoms with Crippen LogP contribution in [0.4, 0.5) is 0 Å². The molecule has 1 N–H and O–H groups in total. The third-order valence-corrected chi connectivity index (χ3v) is 4.57. The van der Waals surface area contributed by atoms with Gasteiger partial charge in [0.25, 0.3) is 0 Å². The predicted octanol–water partition coefficient (Wildman–Crippen LogP) is 4.89. The van der Waals surface area contributed by atoms with Crippen LogP contribution in [0.2, 0.25) is 0 Å². The minimum absolute atomic E-state index is 0.124. The molecule has 1 aliphatic rings. The van der Waals surface area contributed by atoms with Crippen LogP contribution in [-0.2, 0) is 4.74 Å². The van der Waals surface area contributed by atoms with Gasteiger partial charge >= 0.3 is 0 Å². The van der Waals surface area contributed by atoms with E-state index in [4.69, 9.17) is 16.3 Å². The first kappa shape index (κ1) is 15.5. The van der Waals surface area contributed by atoms with Crippen molar-refractivity contribution in [2.75, 3.05) is 6.61 Å². The van der Waals surface area contributed by atoms with Gasteiger partial charge in [0.15, 0.2) is 0 Å². The molecule has 3 heteroatoms. The van der Waals surface area contributed by atoms with Crippen LogP contribution in [0.25, 0.3) is 11.1 Å². The molecule has 0 heterocycles. The maximum atomic E-state index is 10.1. The Kier molecular flexibility index (Phi) is 4.53. The molecule has 0 aliphatic heterocycles. The van der Waals surface area contributed by atoms with Gasteiger partial charge in [0.05, 0.1) is 6.61 Å². The highest BCUT2D eigenvalue weighted by molar-refractivity contribution is 6.21. The Morgan fingerprint density at radius 1 is 1.05 bits per heavy atom. The Labute approximate surface area is 136 Å². The molecule has 0 amide bonds. The lowest BCUT2D eigenvalue weighted by atomic mass is 9.98. The summed E-state index contributed by atoms with van der Waals surface area (Å²) < 4.78 is 5.65. The number of fused-ring (bicyclic) bond motifs is 3. The summed E-state index contributed by atoms with van der Waals surface area (Å²) in [5, 5.41) is 8.58. The van der Waals surface area contributed by atoms with Gasteiger partial charge in [-0.3, -0.25) is 0 Å². The number of aliphatic hydroxyl groups is 1. The third-order valence-electron chi connectivity index (χ3n) is 4.27. The lowest BCUT2D eigenvalue weighted by Crippen LogP contribution is -2.27. The van der Waals surface area contributed by atoms with E-state index in [1.54, 1.807) is 0 Å². The highest BCUT2D eigenvalue weighted by Gasteiger charge is 2.31. The summed E-state index contributed by atoms with van der Waals surface area (Å²) in [7, 11) is 0. The highest BCUT2D eigenvalue weighted by atomic mass is 35.5. The normalized spacial score (nSPS) is 16.1. The van der Waals surface area contributed by atoms with Crippen molar-refractivity contribution in [3.63, 3.8) is 0 Å². The highest BCUT2D eigenvalue weighted by Crippen LogP contribution is 2.45. The first-order valence-corrected chi connectivity index (χ1v) is 8.23. The molecule has 2 aromatic rings. The second-order valence-electron chi connectivity index (χ2n) is 5.83. The second-order valence-corrected chi connectivity index (χ2v) is 6.42. The van der Waals surface area contributed by atoms with Crippen LogP contribution < -0.4 is 0 Å². The summed E-state index contributed by atoms with van der Waals surface area (Å²) >= 11 is 6.08. The molecule has 2 nitrogen and oxygen atoms in total. The van der Waals surface area contributed by atoms with Crippen LogP contribution in [0.3, 0.4) is 0 Å². The lowest BCUT2D eigenvalue weighted by molar-refractivity contribution is -0.144. The van der Waals surface area contributed by atoms with Crippen LogP contribution in [0, 0.1) is 0 Å². The van der Waals surface area contributed by atoms with Crippen molar-refractivity contribution in [1.82, 2.24) is 0 Å². The Morgan fingerprint density at radius 3 is 2.14 bits per heavy atom. The summed E-state index contributed by atoms with van der Waals surface area (Å²) in [6.07, 6.45) is 2.27. The number of hydrogen-bond acceptors (Lipinski definition) is 2. The number of benzene rings is 2. The molecule has 0 saturated heterocycles. The number of unbranched alkanes of at least 4 members (excludes halogenated alkanes) is 1. The van der Waals surface area contributed by atoms with E-state index in [-0.39, 0.29) is 5.92 Å². The molecular formula is C19H21ClO2. The molecule has 116 valence electrons. The van der Waals surface area contributed by atoms with E-state index in [0.29, 0.717) is 13.0 Å². The van der Waals surface area contributed by atoms with E-state index in [1.165, 1.54) is 22.3 Å². The van der Waals surface area contributed by atoms with Gasteiger partial charge in [-0.15, -0.1) is 0 Å². The van der Waals surface area contributed by atoms with E-state index in [9.17, 15) is 5.11 Å². The van der Waals surface area contributed by atoms with Gasteiger partial charge in [0.1, 0.15) is 0 Å². The number of ether oxygens (including phenoxy) is 1. The van der Waals surface area contributed by atoms with E-state index in [0.717, 1.165) is 12.8 Å². The number of alkyl halides is 1. The first-order valence-electron chi connectivity index (χ1n) is 7.86. The van der Waals surface area contributed by atoms with Gasteiger partial charge < -0.3 is 9.84 Å². The molecule has 0 fully saturated rings. The summed E-state index contributed by atoms with van der Waals surface area (Å²) in [5.41, 5.74) is 4.98. The van der Waals surface area contributed by atoms with Crippen molar-refractivity contribution in [3.05, 3.63) is 59.7 Å². The van der Waals surface area contributed by atoms with Crippen molar-refractivity contribution in [3.8, 4) is 11.1 Å². The van der Waals surface area contributed by atoms with E-state index in [2.05, 4.69) is 43.3 Å². The Bertz CT molecular complexity index is 606. The average molecular weight is 317 g/mol. The molecule has 1 unspecified atom stereocenters. The maximum Gasteiger partial charge on any atom is 0.245 e. The minimum atomic E-state index is -1.57. The van der Waals surface area contributed by atoms with Crippen LogP contribution in [0.5, 0.6) is 0 Å². The first-order chi connectivity index (χ1) is 10.6. The summed E-state index contributed by atoms with van der Waals surface area (Å²) in [6.45, 7) is 2.45. The number of halogens is 1. The van der Waals surface area contributed by atoms with Crippen molar-refractivity contribution in [1.29, 1.82) is 0 Å². The van der Waals surface area contributed by atoms with Gasteiger partial charge in [0.2, 0.25) is 5.25 Å². The zero-order valence-corrected chi connectivity index (χ0v) is 13.5. The summed E-state index contributed by atoms with van der Waals surface area (Å²) in [6, 6.07) is 16.7. The van der Waals surface area contributed by atoms with E-state index >= 15 is 0 Å². The molecule has 0 radical (unpaired) electrons. The molecule has 0 saturated carbocycles.